The fourth-order valence-corrected chi connectivity index (χ4v) is 2.38. The summed E-state index contributed by atoms with van der Waals surface area (Å²) in [5, 5.41) is 3.03. The van der Waals surface area contributed by atoms with Gasteiger partial charge in [0, 0.05) is 30.5 Å². The van der Waals surface area contributed by atoms with Gasteiger partial charge in [-0.15, -0.1) is 0 Å². The van der Waals surface area contributed by atoms with E-state index in [4.69, 9.17) is 10.5 Å². The number of carbonyl (C=O) groups is 1. The molecule has 0 aliphatic carbocycles. The van der Waals surface area contributed by atoms with Gasteiger partial charge in [0.25, 0.3) is 0 Å². The van der Waals surface area contributed by atoms with Gasteiger partial charge >= 0.3 is 0 Å². The average Bonchev–Trinajstić information content (AvgIpc) is 2.34. The molecule has 1 aromatic rings. The van der Waals surface area contributed by atoms with Gasteiger partial charge in [0.1, 0.15) is 0 Å². The maximum atomic E-state index is 12.2. The van der Waals surface area contributed by atoms with Crippen molar-refractivity contribution < 1.29 is 9.53 Å². The first-order valence-corrected chi connectivity index (χ1v) is 6.33. The van der Waals surface area contributed by atoms with Crippen LogP contribution in [0, 0.1) is 19.8 Å². The normalized spacial score (nSPS) is 16.6. The lowest BCUT2D eigenvalue weighted by Gasteiger charge is -2.22. The summed E-state index contributed by atoms with van der Waals surface area (Å²) < 4.78 is 5.27. The topological polar surface area (TPSA) is 64.3 Å². The van der Waals surface area contributed by atoms with Crippen molar-refractivity contribution >= 4 is 17.3 Å². The maximum absolute atomic E-state index is 12.2. The molecule has 0 saturated carbocycles. The number of nitrogen functional groups attached to an aromatic ring is 1. The first-order valence-electron chi connectivity index (χ1n) is 6.33. The predicted octanol–water partition coefficient (Wildman–Crippen LogP) is 2.25. The van der Waals surface area contributed by atoms with Gasteiger partial charge in [-0.05, 0) is 49.9 Å². The van der Waals surface area contributed by atoms with Crippen LogP contribution in [0.3, 0.4) is 0 Å². The molecule has 1 heterocycles. The minimum atomic E-state index is 0.0649. The standard InChI is InChI=1S/C14H20N2O2/c1-9-7-12(15)8-10(2)13(9)16-14(17)11-3-5-18-6-4-11/h7-8,11H,3-6,15H2,1-2H3,(H,16,17). The second-order valence-electron chi connectivity index (χ2n) is 4.91. The third-order valence-electron chi connectivity index (χ3n) is 3.40. The number of amides is 1. The Morgan fingerprint density at radius 3 is 2.39 bits per heavy atom. The van der Waals surface area contributed by atoms with Crippen LogP contribution in [0.4, 0.5) is 11.4 Å². The van der Waals surface area contributed by atoms with E-state index in [1.165, 1.54) is 0 Å². The van der Waals surface area contributed by atoms with Gasteiger partial charge in [0.2, 0.25) is 5.91 Å². The third-order valence-corrected chi connectivity index (χ3v) is 3.40. The number of aryl methyl sites for hydroxylation is 2. The summed E-state index contributed by atoms with van der Waals surface area (Å²) >= 11 is 0. The molecule has 4 heteroatoms. The molecule has 0 aromatic heterocycles. The number of hydrogen-bond acceptors (Lipinski definition) is 3. The molecule has 3 N–H and O–H groups in total. The SMILES string of the molecule is Cc1cc(N)cc(C)c1NC(=O)C1CCOCC1. The summed E-state index contributed by atoms with van der Waals surface area (Å²) in [5.74, 6) is 0.157. The molecule has 0 bridgehead atoms. The second-order valence-corrected chi connectivity index (χ2v) is 4.91. The van der Waals surface area contributed by atoms with Crippen molar-refractivity contribution in [2.24, 2.45) is 5.92 Å². The highest BCUT2D eigenvalue weighted by molar-refractivity contribution is 5.94. The van der Waals surface area contributed by atoms with E-state index in [0.29, 0.717) is 13.2 Å². The van der Waals surface area contributed by atoms with E-state index in [9.17, 15) is 4.79 Å². The Bertz CT molecular complexity index is 428. The molecule has 4 nitrogen and oxygen atoms in total. The molecule has 1 saturated heterocycles. The molecular formula is C14H20N2O2. The molecule has 2 rings (SSSR count). The van der Waals surface area contributed by atoms with Crippen molar-refractivity contribution in [3.8, 4) is 0 Å². The minimum Gasteiger partial charge on any atom is -0.399 e. The molecule has 0 atom stereocenters. The van der Waals surface area contributed by atoms with Gasteiger partial charge in [0.15, 0.2) is 0 Å². The van der Waals surface area contributed by atoms with Crippen molar-refractivity contribution in [1.82, 2.24) is 0 Å². The third kappa shape index (κ3) is 2.82. The number of hydrogen-bond donors (Lipinski definition) is 2. The zero-order valence-electron chi connectivity index (χ0n) is 11.0. The summed E-state index contributed by atoms with van der Waals surface area (Å²) in [5.41, 5.74) is 9.41. The Morgan fingerprint density at radius 2 is 1.83 bits per heavy atom. The molecule has 1 amide bonds. The number of benzene rings is 1. The molecule has 1 aliphatic rings. The number of carbonyl (C=O) groups excluding carboxylic acids is 1. The molecule has 98 valence electrons. The van der Waals surface area contributed by atoms with Gasteiger partial charge in [0.05, 0.1) is 0 Å². The summed E-state index contributed by atoms with van der Waals surface area (Å²) in [6, 6.07) is 3.76. The summed E-state index contributed by atoms with van der Waals surface area (Å²) in [4.78, 5) is 12.2. The fraction of sp³-hybridized carbons (Fsp3) is 0.500. The second kappa shape index (κ2) is 5.40. The van der Waals surface area contributed by atoms with Crippen molar-refractivity contribution in [3.63, 3.8) is 0 Å². The highest BCUT2D eigenvalue weighted by atomic mass is 16.5. The van der Waals surface area contributed by atoms with Crippen LogP contribution in [-0.4, -0.2) is 19.1 Å². The average molecular weight is 248 g/mol. The van der Waals surface area contributed by atoms with E-state index < -0.39 is 0 Å². The molecule has 1 fully saturated rings. The smallest absolute Gasteiger partial charge is 0.227 e. The number of nitrogens with two attached hydrogens (primary N) is 1. The Balaban J connectivity index is 2.11. The molecule has 1 aliphatic heterocycles. The van der Waals surface area contributed by atoms with E-state index >= 15 is 0 Å². The van der Waals surface area contributed by atoms with Gasteiger partial charge in [-0.1, -0.05) is 0 Å². The Kier molecular flexibility index (Phi) is 3.87. The van der Waals surface area contributed by atoms with E-state index in [1.54, 1.807) is 0 Å². The Labute approximate surface area is 108 Å². The van der Waals surface area contributed by atoms with Crippen molar-refractivity contribution in [2.75, 3.05) is 24.3 Å². The number of ether oxygens (including phenoxy) is 1. The van der Waals surface area contributed by atoms with Crippen LogP contribution in [0.25, 0.3) is 0 Å². The molecule has 0 radical (unpaired) electrons. The molecule has 0 unspecified atom stereocenters. The number of rotatable bonds is 2. The van der Waals surface area contributed by atoms with E-state index in [1.807, 2.05) is 26.0 Å². The number of anilines is 2. The molecule has 1 aromatic carbocycles. The monoisotopic (exact) mass is 248 g/mol. The van der Waals surface area contributed by atoms with Gasteiger partial charge < -0.3 is 15.8 Å². The maximum Gasteiger partial charge on any atom is 0.227 e. The van der Waals surface area contributed by atoms with Crippen LogP contribution in [0.5, 0.6) is 0 Å². The van der Waals surface area contributed by atoms with Crippen molar-refractivity contribution in [1.29, 1.82) is 0 Å². The zero-order valence-corrected chi connectivity index (χ0v) is 11.0. The summed E-state index contributed by atoms with van der Waals surface area (Å²) in [6.07, 6.45) is 1.61. The lowest BCUT2D eigenvalue weighted by atomic mass is 9.98. The first kappa shape index (κ1) is 12.9. The van der Waals surface area contributed by atoms with Gasteiger partial charge in [-0.2, -0.15) is 0 Å². The lowest BCUT2D eigenvalue weighted by molar-refractivity contribution is -0.122. The lowest BCUT2D eigenvalue weighted by Crippen LogP contribution is -2.29. The van der Waals surface area contributed by atoms with E-state index in [-0.39, 0.29) is 11.8 Å². The van der Waals surface area contributed by atoms with Crippen LogP contribution >= 0.6 is 0 Å². The predicted molar refractivity (Wildman–Crippen MR) is 72.5 cm³/mol. The van der Waals surface area contributed by atoms with Crippen molar-refractivity contribution in [2.45, 2.75) is 26.7 Å². The van der Waals surface area contributed by atoms with Crippen LogP contribution in [0.15, 0.2) is 12.1 Å². The van der Waals surface area contributed by atoms with Crippen LogP contribution in [0.2, 0.25) is 0 Å². The summed E-state index contributed by atoms with van der Waals surface area (Å²) in [7, 11) is 0. The fourth-order valence-electron chi connectivity index (χ4n) is 2.38. The Morgan fingerprint density at radius 1 is 1.28 bits per heavy atom. The van der Waals surface area contributed by atoms with Crippen LogP contribution in [0.1, 0.15) is 24.0 Å². The molecule has 18 heavy (non-hydrogen) atoms. The van der Waals surface area contributed by atoms with Gasteiger partial charge in [-0.25, -0.2) is 0 Å². The summed E-state index contributed by atoms with van der Waals surface area (Å²) in [6.45, 7) is 5.28. The van der Waals surface area contributed by atoms with Crippen molar-refractivity contribution in [3.05, 3.63) is 23.3 Å². The van der Waals surface area contributed by atoms with Crippen LogP contribution < -0.4 is 11.1 Å². The van der Waals surface area contributed by atoms with E-state index in [0.717, 1.165) is 35.3 Å². The first-order chi connectivity index (χ1) is 8.58. The Hall–Kier alpha value is -1.55. The largest absolute Gasteiger partial charge is 0.399 e. The quantitative estimate of drug-likeness (QED) is 0.789. The van der Waals surface area contributed by atoms with Gasteiger partial charge in [-0.3, -0.25) is 4.79 Å². The van der Waals surface area contributed by atoms with Crippen LogP contribution in [-0.2, 0) is 9.53 Å². The molecular weight excluding hydrogens is 228 g/mol. The molecule has 0 spiro atoms. The highest BCUT2D eigenvalue weighted by Crippen LogP contribution is 2.25. The zero-order chi connectivity index (χ0) is 13.1. The minimum absolute atomic E-state index is 0.0649. The number of nitrogens with one attached hydrogen (secondary N) is 1. The highest BCUT2D eigenvalue weighted by Gasteiger charge is 2.22. The van der Waals surface area contributed by atoms with E-state index in [2.05, 4.69) is 5.32 Å².